The van der Waals surface area contributed by atoms with Crippen molar-refractivity contribution in [3.05, 3.63) is 40.5 Å². The van der Waals surface area contributed by atoms with E-state index < -0.39 is 0 Å². The van der Waals surface area contributed by atoms with Crippen molar-refractivity contribution in [2.75, 3.05) is 24.4 Å². The Bertz CT molecular complexity index is 792. The highest BCUT2D eigenvalue weighted by Crippen LogP contribution is 2.42. The molecule has 24 heavy (non-hydrogen) atoms. The quantitative estimate of drug-likeness (QED) is 0.553. The molecule has 126 valence electrons. The Hall–Kier alpha value is -1.92. The van der Waals surface area contributed by atoms with E-state index in [9.17, 15) is 4.79 Å². The number of carbonyl (C=O) groups excluding carboxylic acids is 1. The fraction of sp³-hybridized carbons (Fsp3) is 0.294. The molecule has 1 amide bonds. The van der Waals surface area contributed by atoms with E-state index in [0.717, 1.165) is 10.6 Å². The van der Waals surface area contributed by atoms with Crippen molar-refractivity contribution in [1.29, 1.82) is 0 Å². The molecule has 0 spiro atoms. The lowest BCUT2D eigenvalue weighted by molar-refractivity contribution is 0.0964. The van der Waals surface area contributed by atoms with Crippen molar-refractivity contribution in [2.24, 2.45) is 0 Å². The first kappa shape index (κ1) is 16.9. The molecular weight excluding hydrogens is 344 g/mol. The Morgan fingerprint density at radius 3 is 2.71 bits per heavy atom. The van der Waals surface area contributed by atoms with E-state index >= 15 is 0 Å². The summed E-state index contributed by atoms with van der Waals surface area (Å²) in [5.41, 5.74) is 9.01. The smallest absolute Gasteiger partial charge is 0.256 e. The Morgan fingerprint density at radius 1 is 1.33 bits per heavy atom. The van der Waals surface area contributed by atoms with Crippen molar-refractivity contribution < 1.29 is 4.79 Å². The van der Waals surface area contributed by atoms with E-state index in [4.69, 9.17) is 17.3 Å². The summed E-state index contributed by atoms with van der Waals surface area (Å²) >= 11 is 7.68. The summed E-state index contributed by atoms with van der Waals surface area (Å²) < 4.78 is 0. The Kier molecular flexibility index (Phi) is 4.87. The number of nitrogens with two attached hydrogens (primary N) is 1. The zero-order chi connectivity index (χ0) is 17.3. The summed E-state index contributed by atoms with van der Waals surface area (Å²) in [7, 11) is 1.55. The number of nitrogens with one attached hydrogen (secondary N) is 2. The van der Waals surface area contributed by atoms with Gasteiger partial charge in [-0.25, -0.2) is 4.98 Å². The molecule has 1 fully saturated rings. The number of pyridine rings is 1. The Morgan fingerprint density at radius 2 is 2.08 bits per heavy atom. The monoisotopic (exact) mass is 362 g/mol. The number of halogens is 1. The molecule has 0 bridgehead atoms. The summed E-state index contributed by atoms with van der Waals surface area (Å²) in [5, 5.41) is 6.11. The molecular formula is C17H19ClN4OS. The average molecular weight is 363 g/mol. The van der Waals surface area contributed by atoms with Crippen molar-refractivity contribution in [1.82, 2.24) is 10.3 Å². The number of rotatable bonds is 5. The highest BCUT2D eigenvalue weighted by atomic mass is 35.5. The van der Waals surface area contributed by atoms with Gasteiger partial charge in [-0.3, -0.25) is 4.79 Å². The van der Waals surface area contributed by atoms with E-state index in [1.807, 2.05) is 12.3 Å². The summed E-state index contributed by atoms with van der Waals surface area (Å²) in [6.07, 6.45) is 4.56. The molecule has 0 saturated heterocycles. The van der Waals surface area contributed by atoms with Crippen LogP contribution in [-0.4, -0.2) is 24.2 Å². The summed E-state index contributed by atoms with van der Waals surface area (Å²) in [6, 6.07) is 7.99. The number of anilines is 3. The van der Waals surface area contributed by atoms with Crippen LogP contribution in [0.15, 0.2) is 29.2 Å². The molecule has 0 radical (unpaired) electrons. The van der Waals surface area contributed by atoms with E-state index in [-0.39, 0.29) is 16.9 Å². The van der Waals surface area contributed by atoms with Crippen LogP contribution in [0, 0.1) is 0 Å². The van der Waals surface area contributed by atoms with Gasteiger partial charge in [-0.15, -0.1) is 11.8 Å². The molecule has 3 rings (SSSR count). The zero-order valence-corrected chi connectivity index (χ0v) is 15.1. The van der Waals surface area contributed by atoms with Crippen LogP contribution in [0.2, 0.25) is 5.15 Å². The number of carbonyl (C=O) groups is 1. The maximum absolute atomic E-state index is 12.1. The van der Waals surface area contributed by atoms with Crippen LogP contribution in [0.3, 0.4) is 0 Å². The Labute approximate surface area is 150 Å². The maximum atomic E-state index is 12.1. The van der Waals surface area contributed by atoms with E-state index in [0.29, 0.717) is 17.2 Å². The number of nitrogens with zero attached hydrogens (tertiary/aromatic N) is 1. The maximum Gasteiger partial charge on any atom is 0.256 e. The van der Waals surface area contributed by atoms with Gasteiger partial charge in [-0.2, -0.15) is 0 Å². The molecule has 0 aliphatic heterocycles. The molecule has 1 aliphatic carbocycles. The lowest BCUT2D eigenvalue weighted by atomic mass is 10.1. The van der Waals surface area contributed by atoms with Crippen LogP contribution in [0.5, 0.6) is 0 Å². The first-order valence-corrected chi connectivity index (χ1v) is 9.26. The van der Waals surface area contributed by atoms with Gasteiger partial charge in [0.05, 0.1) is 11.4 Å². The van der Waals surface area contributed by atoms with E-state index in [1.54, 1.807) is 24.9 Å². The third-order valence-electron chi connectivity index (χ3n) is 4.01. The zero-order valence-electron chi connectivity index (χ0n) is 13.5. The second kappa shape index (κ2) is 6.91. The standard InChI is InChI=1S/C17H19ClN4OS/c1-20-17(23)15-12(8-14(18)22-16(15)19)21-11-6-5-10(9-3-4-9)7-13(11)24-2/h5-9H,3-4H2,1-2H3,(H,20,23)(H3,19,21,22). The molecule has 1 heterocycles. The minimum absolute atomic E-state index is 0.102. The van der Waals surface area contributed by atoms with Crippen molar-refractivity contribution in [2.45, 2.75) is 23.7 Å². The summed E-state index contributed by atoms with van der Waals surface area (Å²) in [6.45, 7) is 0. The summed E-state index contributed by atoms with van der Waals surface area (Å²) in [4.78, 5) is 17.2. The van der Waals surface area contributed by atoms with Gasteiger partial charge in [0.1, 0.15) is 16.5 Å². The number of nitrogen functional groups attached to an aromatic ring is 1. The molecule has 1 aliphatic rings. The van der Waals surface area contributed by atoms with E-state index in [2.05, 4.69) is 27.8 Å². The molecule has 4 N–H and O–H groups in total. The topological polar surface area (TPSA) is 80.0 Å². The third kappa shape index (κ3) is 3.44. The molecule has 1 saturated carbocycles. The van der Waals surface area contributed by atoms with Gasteiger partial charge in [-0.05, 0) is 48.8 Å². The van der Waals surface area contributed by atoms with Crippen LogP contribution in [0.25, 0.3) is 0 Å². The van der Waals surface area contributed by atoms with Gasteiger partial charge >= 0.3 is 0 Å². The molecule has 7 heteroatoms. The predicted molar refractivity (Wildman–Crippen MR) is 101 cm³/mol. The first-order valence-electron chi connectivity index (χ1n) is 7.66. The number of amides is 1. The fourth-order valence-corrected chi connectivity index (χ4v) is 3.41. The predicted octanol–water partition coefficient (Wildman–Crippen LogP) is 4.02. The number of aromatic nitrogens is 1. The van der Waals surface area contributed by atoms with Gasteiger partial charge in [0.25, 0.3) is 5.91 Å². The van der Waals surface area contributed by atoms with E-state index in [1.165, 1.54) is 18.4 Å². The van der Waals surface area contributed by atoms with Gasteiger partial charge in [0.15, 0.2) is 0 Å². The molecule has 0 atom stereocenters. The van der Waals surface area contributed by atoms with Crippen molar-refractivity contribution in [3.8, 4) is 0 Å². The number of hydrogen-bond donors (Lipinski definition) is 3. The molecule has 1 aromatic heterocycles. The molecule has 1 aromatic carbocycles. The van der Waals surface area contributed by atoms with Crippen molar-refractivity contribution >= 4 is 46.5 Å². The van der Waals surface area contributed by atoms with Crippen LogP contribution in [0.1, 0.15) is 34.7 Å². The van der Waals surface area contributed by atoms with Crippen LogP contribution < -0.4 is 16.4 Å². The highest BCUT2D eigenvalue weighted by Gasteiger charge is 2.24. The van der Waals surface area contributed by atoms with Gasteiger partial charge < -0.3 is 16.4 Å². The van der Waals surface area contributed by atoms with Crippen LogP contribution >= 0.6 is 23.4 Å². The molecule has 5 nitrogen and oxygen atoms in total. The normalized spacial score (nSPS) is 13.6. The molecule has 0 unspecified atom stereocenters. The second-order valence-corrected chi connectivity index (χ2v) is 6.93. The largest absolute Gasteiger partial charge is 0.383 e. The first-order chi connectivity index (χ1) is 11.5. The van der Waals surface area contributed by atoms with Gasteiger partial charge in [0, 0.05) is 11.9 Å². The van der Waals surface area contributed by atoms with Crippen LogP contribution in [0.4, 0.5) is 17.2 Å². The highest BCUT2D eigenvalue weighted by molar-refractivity contribution is 7.98. The van der Waals surface area contributed by atoms with Crippen molar-refractivity contribution in [3.63, 3.8) is 0 Å². The van der Waals surface area contributed by atoms with Gasteiger partial charge in [-0.1, -0.05) is 17.7 Å². The number of hydrogen-bond acceptors (Lipinski definition) is 5. The minimum Gasteiger partial charge on any atom is -0.383 e. The summed E-state index contributed by atoms with van der Waals surface area (Å²) in [5.74, 6) is 0.488. The number of benzene rings is 1. The molecule has 2 aromatic rings. The SMILES string of the molecule is CNC(=O)c1c(Nc2ccc(C3CC3)cc2SC)cc(Cl)nc1N. The third-order valence-corrected chi connectivity index (χ3v) is 4.99. The minimum atomic E-state index is -0.306. The van der Waals surface area contributed by atoms with Crippen LogP contribution in [-0.2, 0) is 0 Å². The average Bonchev–Trinajstić information content (AvgIpc) is 3.39. The Balaban J connectivity index is 2.00. The second-order valence-electron chi connectivity index (χ2n) is 5.69. The number of thioether (sulfide) groups is 1. The lowest BCUT2D eigenvalue weighted by Gasteiger charge is -2.16. The van der Waals surface area contributed by atoms with Gasteiger partial charge in [0.2, 0.25) is 0 Å². The lowest BCUT2D eigenvalue weighted by Crippen LogP contribution is -2.21. The fourth-order valence-electron chi connectivity index (χ4n) is 2.62.